The summed E-state index contributed by atoms with van der Waals surface area (Å²) in [5, 5.41) is 3.52. The molecule has 4 nitrogen and oxygen atoms in total. The summed E-state index contributed by atoms with van der Waals surface area (Å²) in [6.07, 6.45) is 5.79. The van der Waals surface area contributed by atoms with Crippen LogP contribution in [0.4, 0.5) is 0 Å². The minimum Gasteiger partial charge on any atom is -0.380 e. The molecule has 94 valence electrons. The fraction of sp³-hybridized carbons (Fsp3) is 0.750. The average molecular weight is 253 g/mol. The van der Waals surface area contributed by atoms with Crippen LogP contribution in [0.1, 0.15) is 18.5 Å². The van der Waals surface area contributed by atoms with Gasteiger partial charge in [-0.25, -0.2) is 0 Å². The lowest BCUT2D eigenvalue weighted by molar-refractivity contribution is 0.190. The van der Waals surface area contributed by atoms with E-state index < -0.39 is 0 Å². The van der Waals surface area contributed by atoms with E-state index in [1.54, 1.807) is 0 Å². The zero-order valence-corrected chi connectivity index (χ0v) is 10.8. The second kappa shape index (κ2) is 4.92. The van der Waals surface area contributed by atoms with Crippen molar-refractivity contribution in [2.24, 2.45) is 0 Å². The highest BCUT2D eigenvalue weighted by molar-refractivity contribution is 7.71. The number of nitrogens with zero attached hydrogens (tertiary/aromatic N) is 2. The van der Waals surface area contributed by atoms with Gasteiger partial charge in [-0.05, 0) is 31.5 Å². The Morgan fingerprint density at radius 2 is 2.47 bits per heavy atom. The number of hydrogen-bond acceptors (Lipinski definition) is 3. The second-order valence-corrected chi connectivity index (χ2v) is 5.23. The van der Waals surface area contributed by atoms with Gasteiger partial charge in [0.2, 0.25) is 0 Å². The molecule has 0 amide bonds. The Hall–Kier alpha value is -0.650. The molecule has 5 heteroatoms. The first-order chi connectivity index (χ1) is 8.34. The van der Waals surface area contributed by atoms with Crippen LogP contribution in [0.25, 0.3) is 0 Å². The summed E-state index contributed by atoms with van der Waals surface area (Å²) in [6.45, 7) is 4.81. The number of nitrogens with one attached hydrogen (secondary N) is 1. The molecule has 0 aliphatic carbocycles. The maximum Gasteiger partial charge on any atom is 0.180 e. The molecule has 0 aromatic carbocycles. The average Bonchev–Trinajstić information content (AvgIpc) is 3.00. The summed E-state index contributed by atoms with van der Waals surface area (Å²) in [5.74, 6) is 0. The summed E-state index contributed by atoms with van der Waals surface area (Å²) in [7, 11) is 0. The van der Waals surface area contributed by atoms with Gasteiger partial charge in [-0.2, -0.15) is 0 Å². The first-order valence-corrected chi connectivity index (χ1v) is 6.85. The van der Waals surface area contributed by atoms with Crippen molar-refractivity contribution in [2.75, 3.05) is 19.8 Å². The Balaban J connectivity index is 1.56. The molecule has 0 unspecified atom stereocenters. The van der Waals surface area contributed by atoms with Gasteiger partial charge in [-0.15, -0.1) is 0 Å². The molecule has 1 N–H and O–H groups in total. The number of imidazole rings is 1. The van der Waals surface area contributed by atoms with E-state index in [0.717, 1.165) is 44.0 Å². The Morgan fingerprint density at radius 3 is 3.24 bits per heavy atom. The number of aryl methyl sites for hydroxylation is 1. The van der Waals surface area contributed by atoms with Crippen molar-refractivity contribution in [1.82, 2.24) is 14.5 Å². The third kappa shape index (κ3) is 2.32. The fourth-order valence-corrected chi connectivity index (χ4v) is 3.04. The first-order valence-electron chi connectivity index (χ1n) is 6.44. The largest absolute Gasteiger partial charge is 0.380 e. The Kier molecular flexibility index (Phi) is 3.31. The van der Waals surface area contributed by atoms with Crippen LogP contribution >= 0.6 is 12.2 Å². The monoisotopic (exact) mass is 253 g/mol. The van der Waals surface area contributed by atoms with E-state index in [0.29, 0.717) is 6.04 Å². The van der Waals surface area contributed by atoms with Gasteiger partial charge in [0.1, 0.15) is 0 Å². The molecule has 3 rings (SSSR count). The van der Waals surface area contributed by atoms with Crippen LogP contribution < -0.4 is 5.32 Å². The molecule has 2 aliphatic rings. The summed E-state index contributed by atoms with van der Waals surface area (Å²) in [5.41, 5.74) is 1.40. The molecule has 3 heterocycles. The lowest BCUT2D eigenvalue weighted by atomic mass is 10.2. The Bertz CT molecular complexity index is 445. The van der Waals surface area contributed by atoms with E-state index in [9.17, 15) is 0 Å². The van der Waals surface area contributed by atoms with Crippen LogP contribution in [0.15, 0.2) is 6.20 Å². The first kappa shape index (κ1) is 11.4. The topological polar surface area (TPSA) is 31.1 Å². The molecule has 1 saturated heterocycles. The molecular formula is C12H19N3OS. The summed E-state index contributed by atoms with van der Waals surface area (Å²) >= 11 is 5.47. The molecule has 0 bridgehead atoms. The molecule has 1 aromatic heterocycles. The van der Waals surface area contributed by atoms with Gasteiger partial charge < -0.3 is 19.2 Å². The number of fused-ring (bicyclic) bond motifs is 1. The highest BCUT2D eigenvalue weighted by atomic mass is 32.1. The zero-order valence-electron chi connectivity index (χ0n) is 10.0. The number of aromatic nitrogens is 2. The fourth-order valence-electron chi connectivity index (χ4n) is 2.68. The lowest BCUT2D eigenvalue weighted by Gasteiger charge is -2.10. The predicted octanol–water partition coefficient (Wildman–Crippen LogP) is 1.34. The number of rotatable bonds is 4. The van der Waals surface area contributed by atoms with Gasteiger partial charge in [-0.3, -0.25) is 0 Å². The lowest BCUT2D eigenvalue weighted by Crippen LogP contribution is -2.32. The summed E-state index contributed by atoms with van der Waals surface area (Å²) in [6, 6.07) is 0.540. The van der Waals surface area contributed by atoms with E-state index in [-0.39, 0.29) is 0 Å². The Labute approximate surface area is 107 Å². The highest BCUT2D eigenvalue weighted by Gasteiger charge is 2.16. The number of hydrogen-bond donors (Lipinski definition) is 1. The molecule has 1 atom stereocenters. The van der Waals surface area contributed by atoms with Crippen LogP contribution in [-0.4, -0.2) is 34.9 Å². The van der Waals surface area contributed by atoms with Crippen LogP contribution in [0.2, 0.25) is 0 Å². The molecule has 0 spiro atoms. The van der Waals surface area contributed by atoms with E-state index in [2.05, 4.69) is 20.6 Å². The number of ether oxygens (including phenoxy) is 1. The molecule has 0 radical (unpaired) electrons. The summed E-state index contributed by atoms with van der Waals surface area (Å²) < 4.78 is 10.8. The Morgan fingerprint density at radius 1 is 1.53 bits per heavy atom. The smallest absolute Gasteiger partial charge is 0.180 e. The van der Waals surface area contributed by atoms with Crippen molar-refractivity contribution in [3.8, 4) is 0 Å². The van der Waals surface area contributed by atoms with Crippen molar-refractivity contribution in [3.63, 3.8) is 0 Å². The maximum atomic E-state index is 5.47. The van der Waals surface area contributed by atoms with Crippen LogP contribution in [0, 0.1) is 4.77 Å². The minimum atomic E-state index is 0.540. The van der Waals surface area contributed by atoms with Crippen molar-refractivity contribution in [2.45, 2.75) is 38.4 Å². The SMILES string of the molecule is S=c1n(CCN[C@@H]2CCOC2)cc2n1CCC2. The maximum absolute atomic E-state index is 5.47. The predicted molar refractivity (Wildman–Crippen MR) is 68.8 cm³/mol. The van der Waals surface area contributed by atoms with E-state index in [1.165, 1.54) is 18.5 Å². The van der Waals surface area contributed by atoms with Crippen molar-refractivity contribution < 1.29 is 4.74 Å². The van der Waals surface area contributed by atoms with E-state index in [4.69, 9.17) is 17.0 Å². The van der Waals surface area contributed by atoms with E-state index >= 15 is 0 Å². The molecular weight excluding hydrogens is 234 g/mol. The van der Waals surface area contributed by atoms with Gasteiger partial charge >= 0.3 is 0 Å². The molecule has 17 heavy (non-hydrogen) atoms. The van der Waals surface area contributed by atoms with Gasteiger partial charge in [0.05, 0.1) is 6.61 Å². The van der Waals surface area contributed by atoms with Crippen molar-refractivity contribution in [3.05, 3.63) is 16.7 Å². The molecule has 0 saturated carbocycles. The van der Waals surface area contributed by atoms with E-state index in [1.807, 2.05) is 0 Å². The third-order valence-corrected chi connectivity index (χ3v) is 4.11. The molecule has 2 aliphatic heterocycles. The van der Waals surface area contributed by atoms with Gasteiger partial charge in [0, 0.05) is 44.2 Å². The standard InChI is InChI=1S/C12H19N3OS/c17-12-14(8-11-2-1-5-15(11)12)6-4-13-10-3-7-16-9-10/h8,10,13H,1-7,9H2/t10-/m1/s1. The zero-order chi connectivity index (χ0) is 11.7. The highest BCUT2D eigenvalue weighted by Crippen LogP contribution is 2.16. The molecule has 1 fully saturated rings. The van der Waals surface area contributed by atoms with Gasteiger partial charge in [0.25, 0.3) is 0 Å². The van der Waals surface area contributed by atoms with Crippen LogP contribution in [0.5, 0.6) is 0 Å². The quantitative estimate of drug-likeness (QED) is 0.822. The normalized spacial score (nSPS) is 23.2. The van der Waals surface area contributed by atoms with Crippen molar-refractivity contribution >= 4 is 12.2 Å². The second-order valence-electron chi connectivity index (χ2n) is 4.87. The molecule has 1 aromatic rings. The van der Waals surface area contributed by atoms with Gasteiger partial charge in [-0.1, -0.05) is 0 Å². The third-order valence-electron chi connectivity index (χ3n) is 3.66. The van der Waals surface area contributed by atoms with Gasteiger partial charge in [0.15, 0.2) is 4.77 Å². The van der Waals surface area contributed by atoms with Crippen molar-refractivity contribution in [1.29, 1.82) is 0 Å². The van der Waals surface area contributed by atoms with Crippen LogP contribution in [0.3, 0.4) is 0 Å². The minimum absolute atomic E-state index is 0.540. The van der Waals surface area contributed by atoms with Crippen LogP contribution in [-0.2, 0) is 24.2 Å². The summed E-state index contributed by atoms with van der Waals surface area (Å²) in [4.78, 5) is 0.